The smallest absolute Gasteiger partial charge is 0.136 e. The summed E-state index contributed by atoms with van der Waals surface area (Å²) in [7, 11) is 1.65. The highest BCUT2D eigenvalue weighted by Crippen LogP contribution is 2.23. The quantitative estimate of drug-likeness (QED) is 0.757. The molecule has 0 N–H and O–H groups in total. The Morgan fingerprint density at radius 1 is 1.64 bits per heavy atom. The molecule has 0 bridgehead atoms. The number of hydrogen-bond donors (Lipinski definition) is 0. The molecule has 11 heavy (non-hydrogen) atoms. The number of methoxy groups -OCH3 is 1. The maximum Gasteiger partial charge on any atom is 0.136 e. The second-order valence-corrected chi connectivity index (χ2v) is 3.02. The van der Waals surface area contributed by atoms with Crippen LogP contribution in [0.2, 0.25) is 0 Å². The molecule has 3 heteroatoms. The Hall–Kier alpha value is -0.570. The van der Waals surface area contributed by atoms with Crippen LogP contribution in [0.1, 0.15) is 12.6 Å². The lowest BCUT2D eigenvalue weighted by molar-refractivity contribution is 0.411. The van der Waals surface area contributed by atoms with E-state index < -0.39 is 0 Å². The Kier molecular flexibility index (Phi) is 2.88. The second-order valence-electron chi connectivity index (χ2n) is 2.16. The van der Waals surface area contributed by atoms with Crippen LogP contribution in [0.25, 0.3) is 0 Å². The van der Waals surface area contributed by atoms with E-state index in [2.05, 4.69) is 27.8 Å². The number of pyridine rings is 1. The molecule has 0 amide bonds. The van der Waals surface area contributed by atoms with E-state index in [0.717, 1.165) is 22.3 Å². The molecular weight excluding hydrogens is 206 g/mol. The molecule has 0 saturated carbocycles. The highest BCUT2D eigenvalue weighted by atomic mass is 79.9. The van der Waals surface area contributed by atoms with Crippen molar-refractivity contribution in [1.29, 1.82) is 0 Å². The van der Waals surface area contributed by atoms with Gasteiger partial charge < -0.3 is 4.74 Å². The Morgan fingerprint density at radius 2 is 2.36 bits per heavy atom. The lowest BCUT2D eigenvalue weighted by Gasteiger charge is -2.03. The van der Waals surface area contributed by atoms with Gasteiger partial charge >= 0.3 is 0 Å². The number of rotatable bonds is 2. The number of halogens is 1. The minimum absolute atomic E-state index is 0.844. The Bertz CT molecular complexity index is 250. The largest absolute Gasteiger partial charge is 0.495 e. The molecular formula is C8H10BrNO. The summed E-state index contributed by atoms with van der Waals surface area (Å²) < 4.78 is 6.00. The van der Waals surface area contributed by atoms with E-state index in [1.165, 1.54) is 0 Å². The lowest BCUT2D eigenvalue weighted by atomic mass is 10.3. The van der Waals surface area contributed by atoms with Crippen LogP contribution in [0.3, 0.4) is 0 Å². The van der Waals surface area contributed by atoms with Crippen LogP contribution in [0.4, 0.5) is 0 Å². The van der Waals surface area contributed by atoms with Crippen LogP contribution >= 0.6 is 15.9 Å². The molecule has 0 radical (unpaired) electrons. The van der Waals surface area contributed by atoms with Gasteiger partial charge in [0.15, 0.2) is 0 Å². The SMILES string of the molecule is CCc1cc(OC)c(Br)cn1. The molecule has 1 rings (SSSR count). The van der Waals surface area contributed by atoms with Crippen molar-refractivity contribution in [3.8, 4) is 5.75 Å². The summed E-state index contributed by atoms with van der Waals surface area (Å²) in [5.41, 5.74) is 1.05. The van der Waals surface area contributed by atoms with Crippen molar-refractivity contribution in [2.75, 3.05) is 7.11 Å². The van der Waals surface area contributed by atoms with E-state index in [9.17, 15) is 0 Å². The number of hydrogen-bond acceptors (Lipinski definition) is 2. The van der Waals surface area contributed by atoms with Gasteiger partial charge in [-0.2, -0.15) is 0 Å². The highest BCUT2D eigenvalue weighted by molar-refractivity contribution is 9.10. The minimum Gasteiger partial charge on any atom is -0.495 e. The fourth-order valence-corrected chi connectivity index (χ4v) is 1.19. The lowest BCUT2D eigenvalue weighted by Crippen LogP contribution is -1.90. The summed E-state index contributed by atoms with van der Waals surface area (Å²) in [6.45, 7) is 2.07. The van der Waals surface area contributed by atoms with Gasteiger partial charge in [0, 0.05) is 18.0 Å². The maximum absolute atomic E-state index is 5.10. The zero-order valence-corrected chi connectivity index (χ0v) is 8.18. The third kappa shape index (κ3) is 1.93. The van der Waals surface area contributed by atoms with Crippen molar-refractivity contribution >= 4 is 15.9 Å². The first kappa shape index (κ1) is 8.53. The molecule has 0 aliphatic heterocycles. The first-order chi connectivity index (χ1) is 5.27. The molecule has 0 saturated heterocycles. The number of aryl methyl sites for hydroxylation is 1. The molecule has 0 aliphatic carbocycles. The molecule has 0 aromatic carbocycles. The van der Waals surface area contributed by atoms with Crippen LogP contribution in [0.15, 0.2) is 16.7 Å². The van der Waals surface area contributed by atoms with Gasteiger partial charge in [-0.3, -0.25) is 4.98 Å². The highest BCUT2D eigenvalue weighted by Gasteiger charge is 2.00. The fraction of sp³-hybridized carbons (Fsp3) is 0.375. The molecule has 1 aromatic heterocycles. The van der Waals surface area contributed by atoms with E-state index in [1.807, 2.05) is 6.07 Å². The average Bonchev–Trinajstić information content (AvgIpc) is 2.05. The van der Waals surface area contributed by atoms with Gasteiger partial charge in [-0.05, 0) is 22.4 Å². The average molecular weight is 216 g/mol. The standard InChI is InChI=1S/C8H10BrNO/c1-3-6-4-8(11-2)7(9)5-10-6/h4-5H,3H2,1-2H3. The van der Waals surface area contributed by atoms with Crippen molar-refractivity contribution in [2.24, 2.45) is 0 Å². The molecule has 0 fully saturated rings. The summed E-state index contributed by atoms with van der Waals surface area (Å²) >= 11 is 3.33. The molecule has 0 aliphatic rings. The van der Waals surface area contributed by atoms with Crippen LogP contribution in [-0.4, -0.2) is 12.1 Å². The monoisotopic (exact) mass is 215 g/mol. The van der Waals surface area contributed by atoms with Crippen molar-refractivity contribution in [3.63, 3.8) is 0 Å². The first-order valence-corrected chi connectivity index (χ1v) is 4.25. The van der Waals surface area contributed by atoms with Crippen LogP contribution in [-0.2, 0) is 6.42 Å². The third-order valence-corrected chi connectivity index (χ3v) is 2.05. The maximum atomic E-state index is 5.10. The summed E-state index contributed by atoms with van der Waals surface area (Å²) in [4.78, 5) is 4.18. The summed E-state index contributed by atoms with van der Waals surface area (Å²) in [5, 5.41) is 0. The van der Waals surface area contributed by atoms with Gasteiger partial charge in [0.1, 0.15) is 5.75 Å². The fourth-order valence-electron chi connectivity index (χ4n) is 0.811. The van der Waals surface area contributed by atoms with Gasteiger partial charge in [-0.15, -0.1) is 0 Å². The zero-order chi connectivity index (χ0) is 8.27. The predicted molar refractivity (Wildman–Crippen MR) is 47.9 cm³/mol. The molecule has 60 valence electrons. The van der Waals surface area contributed by atoms with Crippen molar-refractivity contribution < 1.29 is 4.74 Å². The molecule has 0 unspecified atom stereocenters. The number of ether oxygens (including phenoxy) is 1. The van der Waals surface area contributed by atoms with E-state index >= 15 is 0 Å². The van der Waals surface area contributed by atoms with E-state index in [1.54, 1.807) is 13.3 Å². The van der Waals surface area contributed by atoms with Crippen molar-refractivity contribution in [2.45, 2.75) is 13.3 Å². The van der Waals surface area contributed by atoms with Gasteiger partial charge in [0.2, 0.25) is 0 Å². The zero-order valence-electron chi connectivity index (χ0n) is 6.60. The third-order valence-electron chi connectivity index (χ3n) is 1.46. The molecule has 2 nitrogen and oxygen atoms in total. The van der Waals surface area contributed by atoms with E-state index in [-0.39, 0.29) is 0 Å². The molecule has 1 heterocycles. The van der Waals surface area contributed by atoms with E-state index in [0.29, 0.717) is 0 Å². The number of aromatic nitrogens is 1. The molecule has 0 atom stereocenters. The van der Waals surface area contributed by atoms with Crippen LogP contribution in [0.5, 0.6) is 5.75 Å². The summed E-state index contributed by atoms with van der Waals surface area (Å²) in [6.07, 6.45) is 2.70. The normalized spacial score (nSPS) is 9.73. The molecule has 0 spiro atoms. The summed E-state index contributed by atoms with van der Waals surface area (Å²) in [6, 6.07) is 1.93. The topological polar surface area (TPSA) is 22.1 Å². The van der Waals surface area contributed by atoms with Gasteiger partial charge in [-0.1, -0.05) is 6.92 Å². The number of nitrogens with zero attached hydrogens (tertiary/aromatic N) is 1. The van der Waals surface area contributed by atoms with Crippen molar-refractivity contribution in [1.82, 2.24) is 4.98 Å². The first-order valence-electron chi connectivity index (χ1n) is 3.46. The van der Waals surface area contributed by atoms with Gasteiger partial charge in [0.05, 0.1) is 11.6 Å². The Labute approximate surface area is 74.7 Å². The van der Waals surface area contributed by atoms with Crippen molar-refractivity contribution in [3.05, 3.63) is 22.4 Å². The summed E-state index contributed by atoms with van der Waals surface area (Å²) in [5.74, 6) is 0.844. The van der Waals surface area contributed by atoms with Gasteiger partial charge in [-0.25, -0.2) is 0 Å². The Balaban J connectivity index is 3.02. The van der Waals surface area contributed by atoms with E-state index in [4.69, 9.17) is 4.74 Å². The van der Waals surface area contributed by atoms with Gasteiger partial charge in [0.25, 0.3) is 0 Å². The minimum atomic E-state index is 0.844. The van der Waals surface area contributed by atoms with Crippen LogP contribution < -0.4 is 4.74 Å². The predicted octanol–water partition coefficient (Wildman–Crippen LogP) is 2.42. The van der Waals surface area contributed by atoms with Crippen LogP contribution in [0, 0.1) is 0 Å². The second kappa shape index (κ2) is 3.72. The molecule has 1 aromatic rings. The Morgan fingerprint density at radius 3 is 2.91 bits per heavy atom.